The van der Waals surface area contributed by atoms with Gasteiger partial charge < -0.3 is 15.0 Å². The van der Waals surface area contributed by atoms with E-state index in [2.05, 4.69) is 22.2 Å². The molecule has 9 nitrogen and oxygen atoms in total. The lowest BCUT2D eigenvalue weighted by molar-refractivity contribution is -0.106. The van der Waals surface area contributed by atoms with Gasteiger partial charge in [-0.1, -0.05) is 31.0 Å². The van der Waals surface area contributed by atoms with Crippen LogP contribution in [0.1, 0.15) is 49.0 Å². The largest absolute Gasteiger partial charge is 0.403 e. The van der Waals surface area contributed by atoms with E-state index in [1.54, 1.807) is 23.8 Å². The number of pyridine rings is 1. The molecule has 4 aromatic rings. The first-order valence-corrected chi connectivity index (χ1v) is 16.5. The molecule has 1 aliphatic heterocycles. The van der Waals surface area contributed by atoms with Gasteiger partial charge in [-0.15, -0.1) is 0 Å². The molecule has 1 aliphatic carbocycles. The van der Waals surface area contributed by atoms with Crippen LogP contribution in [0.3, 0.4) is 0 Å². The molecule has 238 valence electrons. The van der Waals surface area contributed by atoms with Crippen molar-refractivity contribution >= 4 is 32.5 Å². The molecular weight excluding hydrogens is 607 g/mol. The smallest absolute Gasteiger partial charge is 0.371 e. The number of ether oxygens (including phenoxy) is 1. The molecule has 1 N–H and O–H groups in total. The molecule has 0 spiro atoms. The Kier molecular flexibility index (Phi) is 8.44. The van der Waals surface area contributed by atoms with Crippen LogP contribution in [-0.4, -0.2) is 66.5 Å². The van der Waals surface area contributed by atoms with Crippen molar-refractivity contribution in [1.29, 1.82) is 0 Å². The number of sulfone groups is 1. The van der Waals surface area contributed by atoms with Gasteiger partial charge in [0.25, 0.3) is 5.56 Å². The lowest BCUT2D eigenvalue weighted by atomic mass is 10.0. The standard InChI is InChI=1S/C32H34F3N5O4S/c1-20-15-25(45(42,43)19-32(33,34)35)11-12-26(20)27-16-22-17-36-31(38-29(22)40(30(27)41)24-5-3-4-6-24)37-23-9-7-21(8-10-23)28-18-39(2)13-14-44-28/h7-12,15-17,24,28H,3-6,13-14,18-19H2,1-2H3,(H,36,37,38). The van der Waals surface area contributed by atoms with Crippen LogP contribution in [0.15, 0.2) is 64.4 Å². The maximum atomic E-state index is 14.1. The number of fused-ring (bicyclic) bond motifs is 1. The van der Waals surface area contributed by atoms with E-state index in [1.807, 2.05) is 24.3 Å². The fourth-order valence-electron chi connectivity index (χ4n) is 6.19. The predicted octanol–water partition coefficient (Wildman–Crippen LogP) is 5.96. The van der Waals surface area contributed by atoms with Gasteiger partial charge in [0.2, 0.25) is 5.95 Å². The number of anilines is 2. The molecule has 2 aromatic heterocycles. The Morgan fingerprint density at radius 2 is 1.78 bits per heavy atom. The van der Waals surface area contributed by atoms with Crippen LogP contribution >= 0.6 is 0 Å². The molecule has 1 saturated heterocycles. The second-order valence-corrected chi connectivity index (χ2v) is 13.9. The van der Waals surface area contributed by atoms with Gasteiger partial charge in [0.15, 0.2) is 15.6 Å². The summed E-state index contributed by atoms with van der Waals surface area (Å²) in [4.78, 5) is 25.1. The van der Waals surface area contributed by atoms with E-state index < -0.39 is 26.7 Å². The van der Waals surface area contributed by atoms with Crippen LogP contribution in [0.2, 0.25) is 0 Å². The van der Waals surface area contributed by atoms with Crippen molar-refractivity contribution in [1.82, 2.24) is 19.4 Å². The van der Waals surface area contributed by atoms with Gasteiger partial charge in [-0.25, -0.2) is 13.4 Å². The highest BCUT2D eigenvalue weighted by atomic mass is 32.2. The van der Waals surface area contributed by atoms with Gasteiger partial charge in [0.05, 0.1) is 17.6 Å². The van der Waals surface area contributed by atoms with Gasteiger partial charge in [0, 0.05) is 42.0 Å². The Balaban J connectivity index is 1.34. The first-order chi connectivity index (χ1) is 21.4. The predicted molar refractivity (Wildman–Crippen MR) is 165 cm³/mol. The van der Waals surface area contributed by atoms with Crippen LogP contribution < -0.4 is 10.9 Å². The first-order valence-electron chi connectivity index (χ1n) is 14.9. The summed E-state index contributed by atoms with van der Waals surface area (Å²) in [6.45, 7) is 4.00. The van der Waals surface area contributed by atoms with Crippen LogP contribution in [0.25, 0.3) is 22.2 Å². The second-order valence-electron chi connectivity index (χ2n) is 11.9. The summed E-state index contributed by atoms with van der Waals surface area (Å²) in [6.07, 6.45) is 0.326. The summed E-state index contributed by atoms with van der Waals surface area (Å²) in [5.41, 5.74) is 3.17. The number of nitrogens with one attached hydrogen (secondary N) is 1. The molecule has 3 heterocycles. The molecule has 13 heteroatoms. The Labute approximate surface area is 259 Å². The third-order valence-electron chi connectivity index (χ3n) is 8.47. The van der Waals surface area contributed by atoms with E-state index >= 15 is 0 Å². The van der Waals surface area contributed by atoms with Crippen LogP contribution in [-0.2, 0) is 14.6 Å². The number of rotatable bonds is 7. The summed E-state index contributed by atoms with van der Waals surface area (Å²) in [5.74, 6) is -1.62. The summed E-state index contributed by atoms with van der Waals surface area (Å²) in [5, 5.41) is 3.85. The number of nitrogens with zero attached hydrogens (tertiary/aromatic N) is 4. The number of hydrogen-bond acceptors (Lipinski definition) is 8. The van der Waals surface area contributed by atoms with Gasteiger partial charge in [0.1, 0.15) is 5.65 Å². The number of morpholine rings is 1. The number of aryl methyl sites for hydroxylation is 1. The SMILES string of the molecule is Cc1cc(S(=O)(=O)CC(F)(F)F)ccc1-c1cc2cnc(Nc3ccc(C4CN(C)CCO4)cc3)nc2n(C2CCCC2)c1=O. The zero-order chi connectivity index (χ0) is 31.9. The molecule has 0 amide bonds. The van der Waals surface area contributed by atoms with Gasteiger partial charge >= 0.3 is 6.18 Å². The lowest BCUT2D eigenvalue weighted by Crippen LogP contribution is -2.35. The Morgan fingerprint density at radius 1 is 1.04 bits per heavy atom. The molecular formula is C32H34F3N5O4S. The summed E-state index contributed by atoms with van der Waals surface area (Å²) in [6, 6.07) is 13.2. The summed E-state index contributed by atoms with van der Waals surface area (Å²) in [7, 11) is -2.52. The number of likely N-dealkylation sites (N-methyl/N-ethyl adjacent to an activating group) is 1. The van der Waals surface area contributed by atoms with Gasteiger partial charge in [-0.3, -0.25) is 9.36 Å². The summed E-state index contributed by atoms with van der Waals surface area (Å²) >= 11 is 0. The Hall–Kier alpha value is -3.81. The van der Waals surface area contributed by atoms with Gasteiger partial charge in [-0.05, 0) is 73.8 Å². The van der Waals surface area contributed by atoms with Crippen molar-refractivity contribution in [3.05, 3.63) is 76.2 Å². The van der Waals surface area contributed by atoms with Crippen molar-refractivity contribution in [2.45, 2.75) is 55.8 Å². The minimum Gasteiger partial charge on any atom is -0.371 e. The van der Waals surface area contributed by atoms with E-state index in [0.29, 0.717) is 40.3 Å². The molecule has 1 atom stereocenters. The maximum absolute atomic E-state index is 14.1. The Bertz CT molecular complexity index is 1890. The zero-order valence-electron chi connectivity index (χ0n) is 25.0. The lowest BCUT2D eigenvalue weighted by Gasteiger charge is -2.30. The van der Waals surface area contributed by atoms with Crippen LogP contribution in [0.5, 0.6) is 0 Å². The number of alkyl halides is 3. The van der Waals surface area contributed by atoms with Gasteiger partial charge in [-0.2, -0.15) is 18.2 Å². The number of halogens is 3. The Morgan fingerprint density at radius 3 is 2.44 bits per heavy atom. The number of aromatic nitrogens is 3. The molecule has 1 saturated carbocycles. The van der Waals surface area contributed by atoms with E-state index in [4.69, 9.17) is 9.72 Å². The minimum atomic E-state index is -4.86. The topological polar surface area (TPSA) is 106 Å². The quantitative estimate of drug-likeness (QED) is 0.263. The average Bonchev–Trinajstić information content (AvgIpc) is 3.51. The third-order valence-corrected chi connectivity index (χ3v) is 10.2. The fourth-order valence-corrected chi connectivity index (χ4v) is 7.42. The van der Waals surface area contributed by atoms with Crippen molar-refractivity contribution in [2.24, 2.45) is 0 Å². The number of benzene rings is 2. The average molecular weight is 642 g/mol. The van der Waals surface area contributed by atoms with Crippen molar-refractivity contribution in [2.75, 3.05) is 37.8 Å². The van der Waals surface area contributed by atoms with E-state index in [9.17, 15) is 26.4 Å². The van der Waals surface area contributed by atoms with Crippen LogP contribution in [0.4, 0.5) is 24.8 Å². The van der Waals surface area contributed by atoms with Crippen molar-refractivity contribution in [3.63, 3.8) is 0 Å². The molecule has 1 unspecified atom stereocenters. The van der Waals surface area contributed by atoms with E-state index in [1.165, 1.54) is 12.1 Å². The fraction of sp³-hybridized carbons (Fsp3) is 0.406. The molecule has 45 heavy (non-hydrogen) atoms. The maximum Gasteiger partial charge on any atom is 0.403 e. The molecule has 2 aliphatic rings. The molecule has 2 fully saturated rings. The highest BCUT2D eigenvalue weighted by molar-refractivity contribution is 7.91. The molecule has 6 rings (SSSR count). The highest BCUT2D eigenvalue weighted by Gasteiger charge is 2.36. The number of hydrogen-bond donors (Lipinski definition) is 1. The zero-order valence-corrected chi connectivity index (χ0v) is 25.8. The molecule has 2 aromatic carbocycles. The van der Waals surface area contributed by atoms with E-state index in [0.717, 1.165) is 56.1 Å². The highest BCUT2D eigenvalue weighted by Crippen LogP contribution is 2.34. The first kappa shape index (κ1) is 31.2. The second kappa shape index (κ2) is 12.2. The molecule has 0 radical (unpaired) electrons. The monoisotopic (exact) mass is 641 g/mol. The molecule has 0 bridgehead atoms. The van der Waals surface area contributed by atoms with Crippen molar-refractivity contribution < 1.29 is 26.3 Å². The third kappa shape index (κ3) is 6.75. The normalized spacial score (nSPS) is 18.5. The summed E-state index contributed by atoms with van der Waals surface area (Å²) < 4.78 is 71.0. The minimum absolute atomic E-state index is 0.00823. The van der Waals surface area contributed by atoms with Crippen molar-refractivity contribution in [3.8, 4) is 11.1 Å². The van der Waals surface area contributed by atoms with Crippen LogP contribution in [0, 0.1) is 6.92 Å². The van der Waals surface area contributed by atoms with E-state index in [-0.39, 0.29) is 17.7 Å².